The number of para-hydroxylation sites is 3. The number of anilines is 2. The number of fused-ring (bicyclic) bond motifs is 3. The van der Waals surface area contributed by atoms with Crippen LogP contribution in [0.1, 0.15) is 0 Å². The van der Waals surface area contributed by atoms with Crippen LogP contribution in [0.3, 0.4) is 0 Å². The van der Waals surface area contributed by atoms with Crippen LogP contribution in [-0.4, -0.2) is 19.3 Å². The number of rotatable bonds is 4. The first-order valence-electron chi connectivity index (χ1n) is 8.40. The summed E-state index contributed by atoms with van der Waals surface area (Å²) in [4.78, 5) is 0. The van der Waals surface area contributed by atoms with Crippen molar-refractivity contribution in [2.24, 2.45) is 0 Å². The molecule has 27 heavy (non-hydrogen) atoms. The maximum Gasteiger partial charge on any atom is 0.175 e. The predicted molar refractivity (Wildman–Crippen MR) is 113 cm³/mol. The van der Waals surface area contributed by atoms with Crippen molar-refractivity contribution in [3.05, 3.63) is 60.7 Å². The van der Waals surface area contributed by atoms with Crippen molar-refractivity contribution in [2.75, 3.05) is 24.9 Å². The summed E-state index contributed by atoms with van der Waals surface area (Å²) in [5, 5.41) is 8.79. The molecule has 0 amide bonds. The average molecular weight is 378 g/mol. The number of thiocarbonyl (C=S) groups is 1. The first kappa shape index (κ1) is 17.2. The van der Waals surface area contributed by atoms with Crippen molar-refractivity contribution in [3.63, 3.8) is 0 Å². The van der Waals surface area contributed by atoms with Gasteiger partial charge in [0.05, 0.1) is 25.6 Å². The van der Waals surface area contributed by atoms with E-state index in [0.717, 1.165) is 33.3 Å². The lowest BCUT2D eigenvalue weighted by Gasteiger charge is -2.15. The van der Waals surface area contributed by atoms with E-state index < -0.39 is 0 Å². The lowest BCUT2D eigenvalue weighted by atomic mass is 10.1. The van der Waals surface area contributed by atoms with Crippen LogP contribution in [0.2, 0.25) is 0 Å². The Morgan fingerprint density at radius 2 is 1.48 bits per heavy atom. The molecule has 0 atom stereocenters. The molecule has 3 aromatic carbocycles. The third-order valence-electron chi connectivity index (χ3n) is 4.30. The molecule has 0 spiro atoms. The Balaban J connectivity index is 1.66. The van der Waals surface area contributed by atoms with Gasteiger partial charge in [-0.05, 0) is 36.5 Å². The van der Waals surface area contributed by atoms with Gasteiger partial charge in [0, 0.05) is 16.8 Å². The lowest BCUT2D eigenvalue weighted by molar-refractivity contribution is 0.417. The van der Waals surface area contributed by atoms with Gasteiger partial charge in [-0.15, -0.1) is 0 Å². The summed E-state index contributed by atoms with van der Waals surface area (Å²) < 4.78 is 16.8. The fourth-order valence-corrected chi connectivity index (χ4v) is 3.26. The number of ether oxygens (including phenoxy) is 2. The standard InChI is InChI=1S/C21H18N2O3S/c1-24-18-10-6-4-8-15(18)22-21(27)23-16-12-19-14(11-20(16)25-2)13-7-3-5-9-17(13)26-19/h3-12H,1-2H3,(H2,22,23,27). The Labute approximate surface area is 161 Å². The van der Waals surface area contributed by atoms with Crippen molar-refractivity contribution in [1.82, 2.24) is 0 Å². The molecule has 0 aliphatic rings. The maximum atomic E-state index is 5.95. The molecular formula is C21H18N2O3S. The normalized spacial score (nSPS) is 10.7. The summed E-state index contributed by atoms with van der Waals surface area (Å²) in [7, 11) is 3.25. The van der Waals surface area contributed by atoms with E-state index in [1.165, 1.54) is 0 Å². The van der Waals surface area contributed by atoms with Gasteiger partial charge in [0.2, 0.25) is 0 Å². The SMILES string of the molecule is COc1ccccc1NC(=S)Nc1cc2oc3ccccc3c2cc1OC. The van der Waals surface area contributed by atoms with Gasteiger partial charge in [-0.25, -0.2) is 0 Å². The molecule has 0 radical (unpaired) electrons. The van der Waals surface area contributed by atoms with E-state index in [1.54, 1.807) is 14.2 Å². The Bertz CT molecular complexity index is 1140. The zero-order chi connectivity index (χ0) is 18.8. The van der Waals surface area contributed by atoms with Crippen LogP contribution in [0.5, 0.6) is 11.5 Å². The first-order valence-corrected chi connectivity index (χ1v) is 8.80. The van der Waals surface area contributed by atoms with Gasteiger partial charge in [-0.3, -0.25) is 0 Å². The molecule has 0 fully saturated rings. The van der Waals surface area contributed by atoms with Crippen LogP contribution in [0, 0.1) is 0 Å². The van der Waals surface area contributed by atoms with Gasteiger partial charge in [0.25, 0.3) is 0 Å². The van der Waals surface area contributed by atoms with E-state index in [9.17, 15) is 0 Å². The molecule has 1 aromatic heterocycles. The van der Waals surface area contributed by atoms with Crippen LogP contribution in [-0.2, 0) is 0 Å². The summed E-state index contributed by atoms with van der Waals surface area (Å²) >= 11 is 5.46. The molecule has 0 bridgehead atoms. The molecule has 0 aliphatic carbocycles. The molecular weight excluding hydrogens is 360 g/mol. The summed E-state index contributed by atoms with van der Waals surface area (Å²) in [6, 6.07) is 19.3. The number of benzene rings is 3. The molecule has 1 heterocycles. The molecule has 0 saturated carbocycles. The van der Waals surface area contributed by atoms with Crippen LogP contribution >= 0.6 is 12.2 Å². The first-order chi connectivity index (χ1) is 13.2. The Hall–Kier alpha value is -3.25. The second-order valence-electron chi connectivity index (χ2n) is 5.93. The van der Waals surface area contributed by atoms with E-state index in [-0.39, 0.29) is 0 Å². The fourth-order valence-electron chi connectivity index (χ4n) is 3.04. The topological polar surface area (TPSA) is 55.7 Å². The van der Waals surface area contributed by atoms with E-state index >= 15 is 0 Å². The van der Waals surface area contributed by atoms with Crippen molar-refractivity contribution >= 4 is 50.6 Å². The summed E-state index contributed by atoms with van der Waals surface area (Å²) in [5.74, 6) is 1.39. The zero-order valence-corrected chi connectivity index (χ0v) is 15.7. The van der Waals surface area contributed by atoms with Gasteiger partial charge in [0.1, 0.15) is 22.7 Å². The molecule has 4 aromatic rings. The number of nitrogens with one attached hydrogen (secondary N) is 2. The van der Waals surface area contributed by atoms with Crippen molar-refractivity contribution in [3.8, 4) is 11.5 Å². The third kappa shape index (κ3) is 3.27. The maximum absolute atomic E-state index is 5.95. The minimum atomic E-state index is 0.424. The molecule has 5 nitrogen and oxygen atoms in total. The Morgan fingerprint density at radius 1 is 0.778 bits per heavy atom. The molecule has 0 saturated heterocycles. The fraction of sp³-hybridized carbons (Fsp3) is 0.0952. The van der Waals surface area contributed by atoms with E-state index in [4.69, 9.17) is 26.1 Å². The highest BCUT2D eigenvalue weighted by atomic mass is 32.1. The van der Waals surface area contributed by atoms with Crippen LogP contribution in [0.4, 0.5) is 11.4 Å². The van der Waals surface area contributed by atoms with Gasteiger partial charge >= 0.3 is 0 Å². The van der Waals surface area contributed by atoms with E-state index in [2.05, 4.69) is 10.6 Å². The average Bonchev–Trinajstić information content (AvgIpc) is 3.05. The van der Waals surface area contributed by atoms with Crippen molar-refractivity contribution in [2.45, 2.75) is 0 Å². The number of hydrogen-bond donors (Lipinski definition) is 2. The van der Waals surface area contributed by atoms with Gasteiger partial charge in [-0.1, -0.05) is 30.3 Å². The van der Waals surface area contributed by atoms with Crippen molar-refractivity contribution < 1.29 is 13.9 Å². The van der Waals surface area contributed by atoms with E-state index in [0.29, 0.717) is 16.6 Å². The minimum Gasteiger partial charge on any atom is -0.495 e. The predicted octanol–water partition coefficient (Wildman–Crippen LogP) is 5.41. The second kappa shape index (κ2) is 7.17. The lowest BCUT2D eigenvalue weighted by Crippen LogP contribution is -2.19. The third-order valence-corrected chi connectivity index (χ3v) is 4.51. The van der Waals surface area contributed by atoms with Gasteiger partial charge < -0.3 is 24.5 Å². The number of furan rings is 1. The van der Waals surface area contributed by atoms with Crippen molar-refractivity contribution in [1.29, 1.82) is 0 Å². The zero-order valence-electron chi connectivity index (χ0n) is 14.9. The highest BCUT2D eigenvalue weighted by Crippen LogP contribution is 2.36. The van der Waals surface area contributed by atoms with Crippen LogP contribution in [0.15, 0.2) is 65.1 Å². The van der Waals surface area contributed by atoms with Crippen LogP contribution in [0.25, 0.3) is 21.9 Å². The largest absolute Gasteiger partial charge is 0.495 e. The minimum absolute atomic E-state index is 0.424. The molecule has 2 N–H and O–H groups in total. The summed E-state index contributed by atoms with van der Waals surface area (Å²) in [5.41, 5.74) is 3.10. The summed E-state index contributed by atoms with van der Waals surface area (Å²) in [6.45, 7) is 0. The molecule has 6 heteroatoms. The molecule has 0 unspecified atom stereocenters. The van der Waals surface area contributed by atoms with Crippen LogP contribution < -0.4 is 20.1 Å². The highest BCUT2D eigenvalue weighted by Gasteiger charge is 2.13. The molecule has 0 aliphatic heterocycles. The van der Waals surface area contributed by atoms with E-state index in [1.807, 2.05) is 60.7 Å². The quantitative estimate of drug-likeness (QED) is 0.463. The smallest absolute Gasteiger partial charge is 0.175 e. The molecule has 4 rings (SSSR count). The second-order valence-corrected chi connectivity index (χ2v) is 6.33. The van der Waals surface area contributed by atoms with Gasteiger partial charge in [-0.2, -0.15) is 0 Å². The van der Waals surface area contributed by atoms with Gasteiger partial charge in [0.15, 0.2) is 5.11 Å². The number of hydrogen-bond acceptors (Lipinski definition) is 4. The summed E-state index contributed by atoms with van der Waals surface area (Å²) in [6.07, 6.45) is 0. The Morgan fingerprint density at radius 3 is 2.30 bits per heavy atom. The highest BCUT2D eigenvalue weighted by molar-refractivity contribution is 7.80. The molecule has 136 valence electrons. The Kier molecular flexibility index (Phi) is 4.56. The monoisotopic (exact) mass is 378 g/mol. The number of methoxy groups -OCH3 is 2.